The number of anilines is 1. The van der Waals surface area contributed by atoms with Gasteiger partial charge in [0.2, 0.25) is 15.9 Å². The Balaban J connectivity index is 2.03. The van der Waals surface area contributed by atoms with Gasteiger partial charge in [-0.1, -0.05) is 5.16 Å². The molecule has 0 unspecified atom stereocenters. The molecular formula is C21H31FN4O4S. The van der Waals surface area contributed by atoms with Gasteiger partial charge in [-0.15, -0.1) is 0 Å². The molecule has 0 saturated carbocycles. The lowest BCUT2D eigenvalue weighted by Crippen LogP contribution is -2.41. The highest BCUT2D eigenvalue weighted by molar-refractivity contribution is 7.89. The zero-order valence-electron chi connectivity index (χ0n) is 18.5. The third kappa shape index (κ3) is 5.62. The monoisotopic (exact) mass is 454 g/mol. The quantitative estimate of drug-likeness (QED) is 0.576. The van der Waals surface area contributed by atoms with Crippen molar-refractivity contribution in [3.05, 3.63) is 35.6 Å². The van der Waals surface area contributed by atoms with E-state index in [-0.39, 0.29) is 12.4 Å². The number of aromatic nitrogens is 1. The van der Waals surface area contributed by atoms with Gasteiger partial charge in [-0.3, -0.25) is 0 Å². The summed E-state index contributed by atoms with van der Waals surface area (Å²) in [7, 11) is 0.281. The van der Waals surface area contributed by atoms with Crippen molar-refractivity contribution in [3.63, 3.8) is 0 Å². The van der Waals surface area contributed by atoms with Crippen LogP contribution in [0.5, 0.6) is 0 Å². The van der Waals surface area contributed by atoms with Crippen LogP contribution < -0.4 is 4.90 Å². The van der Waals surface area contributed by atoms with E-state index in [1.165, 1.54) is 16.4 Å². The minimum Gasteiger partial charge on any atom is -0.378 e. The summed E-state index contributed by atoms with van der Waals surface area (Å²) in [6.07, 6.45) is 0. The molecule has 1 aliphatic heterocycles. The number of nitrogens with zero attached hydrogens (tertiary/aromatic N) is 4. The topological polar surface area (TPSA) is 79.1 Å². The van der Waals surface area contributed by atoms with Crippen LogP contribution >= 0.6 is 0 Å². The molecule has 0 N–H and O–H groups in total. The van der Waals surface area contributed by atoms with Gasteiger partial charge < -0.3 is 19.1 Å². The van der Waals surface area contributed by atoms with Gasteiger partial charge >= 0.3 is 0 Å². The Kier molecular flexibility index (Phi) is 7.68. The van der Waals surface area contributed by atoms with Gasteiger partial charge in [0.25, 0.3) is 0 Å². The molecule has 10 heteroatoms. The second kappa shape index (κ2) is 10.1. The SMILES string of the molecule is CC(C)S(=O)(=O)N(CCN(C)C)Cc1c(-c2ccc(F)cc2)noc1N1CCOCC1. The van der Waals surface area contributed by atoms with E-state index in [1.54, 1.807) is 26.0 Å². The lowest BCUT2D eigenvalue weighted by molar-refractivity contribution is 0.120. The summed E-state index contributed by atoms with van der Waals surface area (Å²) in [6, 6.07) is 5.97. The van der Waals surface area contributed by atoms with Crippen molar-refractivity contribution in [3.8, 4) is 11.3 Å². The minimum absolute atomic E-state index is 0.122. The number of benzene rings is 1. The van der Waals surface area contributed by atoms with Gasteiger partial charge in [0.05, 0.1) is 24.0 Å². The van der Waals surface area contributed by atoms with Gasteiger partial charge in [-0.25, -0.2) is 12.8 Å². The molecule has 1 aliphatic rings. The number of morpholine rings is 1. The fourth-order valence-electron chi connectivity index (χ4n) is 3.37. The molecule has 0 amide bonds. The maximum absolute atomic E-state index is 13.5. The number of hydrogen-bond donors (Lipinski definition) is 0. The summed E-state index contributed by atoms with van der Waals surface area (Å²) < 4.78 is 52.4. The molecule has 0 spiro atoms. The van der Waals surface area contributed by atoms with Crippen LogP contribution in [-0.4, -0.2) is 81.5 Å². The highest BCUT2D eigenvalue weighted by Crippen LogP contribution is 2.34. The molecule has 0 radical (unpaired) electrons. The predicted octanol–water partition coefficient (Wildman–Crippen LogP) is 2.42. The average molecular weight is 455 g/mol. The number of halogens is 1. The summed E-state index contributed by atoms with van der Waals surface area (Å²) in [5.74, 6) is 0.189. The van der Waals surface area contributed by atoms with E-state index >= 15 is 0 Å². The predicted molar refractivity (Wildman–Crippen MR) is 118 cm³/mol. The molecule has 0 bridgehead atoms. The van der Waals surface area contributed by atoms with E-state index in [2.05, 4.69) is 5.16 Å². The van der Waals surface area contributed by atoms with Crippen LogP contribution in [0, 0.1) is 5.82 Å². The van der Waals surface area contributed by atoms with Crippen LogP contribution in [0.4, 0.5) is 10.3 Å². The molecule has 1 aromatic carbocycles. The standard InChI is InChI=1S/C21H31FN4O4S/c1-16(2)31(27,28)26(10-9-24(3)4)15-19-20(17-5-7-18(22)8-6-17)23-30-21(19)25-11-13-29-14-12-25/h5-8,16H,9-15H2,1-4H3. The maximum Gasteiger partial charge on any atom is 0.232 e. The summed E-state index contributed by atoms with van der Waals surface area (Å²) in [6.45, 7) is 6.75. The fourth-order valence-corrected chi connectivity index (χ4v) is 4.62. The molecular weight excluding hydrogens is 423 g/mol. The van der Waals surface area contributed by atoms with Crippen molar-refractivity contribution < 1.29 is 22.1 Å². The van der Waals surface area contributed by atoms with Crippen molar-refractivity contribution in [2.75, 3.05) is 58.4 Å². The zero-order chi connectivity index (χ0) is 22.6. The van der Waals surface area contributed by atoms with Crippen LogP contribution in [0.2, 0.25) is 0 Å². The highest BCUT2D eigenvalue weighted by atomic mass is 32.2. The second-order valence-electron chi connectivity index (χ2n) is 8.15. The number of ether oxygens (including phenoxy) is 1. The third-order valence-corrected chi connectivity index (χ3v) is 7.49. The molecule has 2 heterocycles. The summed E-state index contributed by atoms with van der Waals surface area (Å²) >= 11 is 0. The minimum atomic E-state index is -3.53. The molecule has 0 aliphatic carbocycles. The van der Waals surface area contributed by atoms with Crippen LogP contribution in [0.25, 0.3) is 11.3 Å². The molecule has 3 rings (SSSR count). The van der Waals surface area contributed by atoms with Crippen molar-refractivity contribution in [1.82, 2.24) is 14.4 Å². The first-order valence-corrected chi connectivity index (χ1v) is 11.9. The Morgan fingerprint density at radius 1 is 1.13 bits per heavy atom. The van der Waals surface area contributed by atoms with E-state index in [9.17, 15) is 12.8 Å². The van der Waals surface area contributed by atoms with Gasteiger partial charge in [-0.05, 0) is 52.2 Å². The average Bonchev–Trinajstić information content (AvgIpc) is 3.15. The van der Waals surface area contributed by atoms with Crippen molar-refractivity contribution in [2.24, 2.45) is 0 Å². The maximum atomic E-state index is 13.5. The zero-order valence-corrected chi connectivity index (χ0v) is 19.4. The third-order valence-electron chi connectivity index (χ3n) is 5.27. The van der Waals surface area contributed by atoms with Crippen LogP contribution in [0.15, 0.2) is 28.8 Å². The second-order valence-corrected chi connectivity index (χ2v) is 10.6. The first-order valence-electron chi connectivity index (χ1n) is 10.4. The van der Waals surface area contributed by atoms with Gasteiger partial charge in [0, 0.05) is 38.3 Å². The number of rotatable bonds is 9. The number of sulfonamides is 1. The van der Waals surface area contributed by atoms with E-state index in [4.69, 9.17) is 9.26 Å². The van der Waals surface area contributed by atoms with Crippen LogP contribution in [0.1, 0.15) is 19.4 Å². The molecule has 8 nitrogen and oxygen atoms in total. The fraction of sp³-hybridized carbons (Fsp3) is 0.571. The Labute approximate surface area is 183 Å². The van der Waals surface area contributed by atoms with Gasteiger partial charge in [-0.2, -0.15) is 4.31 Å². The summed E-state index contributed by atoms with van der Waals surface area (Å²) in [5, 5.41) is 3.70. The number of hydrogen-bond acceptors (Lipinski definition) is 7. The summed E-state index contributed by atoms with van der Waals surface area (Å²) in [4.78, 5) is 3.96. The molecule has 2 aromatic rings. The Morgan fingerprint density at radius 2 is 1.77 bits per heavy atom. The van der Waals surface area contributed by atoms with E-state index in [1.807, 2.05) is 23.9 Å². The Morgan fingerprint density at radius 3 is 2.35 bits per heavy atom. The van der Waals surface area contributed by atoms with E-state index < -0.39 is 15.3 Å². The smallest absolute Gasteiger partial charge is 0.232 e. The molecule has 1 saturated heterocycles. The molecule has 0 atom stereocenters. The molecule has 1 aromatic heterocycles. The van der Waals surface area contributed by atoms with Crippen molar-refractivity contribution in [2.45, 2.75) is 25.6 Å². The van der Waals surface area contributed by atoms with Crippen molar-refractivity contribution in [1.29, 1.82) is 0 Å². The molecule has 1 fully saturated rings. The summed E-state index contributed by atoms with van der Waals surface area (Å²) in [5.41, 5.74) is 1.88. The highest BCUT2D eigenvalue weighted by Gasteiger charge is 2.31. The Bertz CT molecular complexity index is 954. The Hall–Kier alpha value is -2.01. The van der Waals surface area contributed by atoms with Crippen LogP contribution in [0.3, 0.4) is 0 Å². The lowest BCUT2D eigenvalue weighted by Gasteiger charge is -2.29. The normalized spacial score (nSPS) is 15.4. The van der Waals surface area contributed by atoms with Crippen molar-refractivity contribution >= 4 is 15.9 Å². The number of likely N-dealkylation sites (N-methyl/N-ethyl adjacent to an activating group) is 1. The van der Waals surface area contributed by atoms with Gasteiger partial charge in [0.1, 0.15) is 11.5 Å². The largest absolute Gasteiger partial charge is 0.378 e. The lowest BCUT2D eigenvalue weighted by atomic mass is 10.1. The molecule has 172 valence electrons. The first-order chi connectivity index (χ1) is 14.7. The first kappa shape index (κ1) is 23.6. The molecule has 31 heavy (non-hydrogen) atoms. The van der Waals surface area contributed by atoms with Gasteiger partial charge in [0.15, 0.2) is 0 Å². The van der Waals surface area contributed by atoms with E-state index in [0.29, 0.717) is 62.1 Å². The van der Waals surface area contributed by atoms with E-state index in [0.717, 1.165) is 0 Å². The van der Waals surface area contributed by atoms with Crippen LogP contribution in [-0.2, 0) is 21.3 Å².